The Morgan fingerprint density at radius 2 is 2.22 bits per heavy atom. The maximum Gasteiger partial charge on any atom is 0.274 e. The van der Waals surface area contributed by atoms with Crippen molar-refractivity contribution in [2.45, 2.75) is 12.5 Å². The molecule has 1 aromatic rings. The third-order valence-corrected chi connectivity index (χ3v) is 3.57. The van der Waals surface area contributed by atoms with Crippen LogP contribution in [-0.4, -0.2) is 23.7 Å². The van der Waals surface area contributed by atoms with Gasteiger partial charge in [-0.25, -0.2) is 0 Å². The molecule has 2 N–H and O–H groups in total. The molecule has 0 aliphatic carbocycles. The Hall–Kier alpha value is -1.95. The minimum atomic E-state index is -0.328. The molecule has 2 heterocycles. The van der Waals surface area contributed by atoms with Gasteiger partial charge in [-0.3, -0.25) is 10.1 Å². The Kier molecular flexibility index (Phi) is 2.71. The number of piperidine rings is 1. The minimum Gasteiger partial charge on any atom is -0.316 e. The Morgan fingerprint density at radius 1 is 1.39 bits per heavy atom. The lowest BCUT2D eigenvalue weighted by Crippen LogP contribution is -2.38. The maximum absolute atomic E-state index is 11.1. The van der Waals surface area contributed by atoms with E-state index in [9.17, 15) is 10.1 Å². The lowest BCUT2D eigenvalue weighted by molar-refractivity contribution is -0.385. The molecule has 1 aromatic carbocycles. The molecule has 94 valence electrons. The topological polar surface area (TPSA) is 79.6 Å². The molecule has 6 nitrogen and oxygen atoms in total. The van der Waals surface area contributed by atoms with Crippen LogP contribution in [0.1, 0.15) is 18.0 Å². The highest BCUT2D eigenvalue weighted by Gasteiger charge is 2.37. The second-order valence-corrected chi connectivity index (χ2v) is 4.59. The first-order chi connectivity index (χ1) is 8.77. The number of hydrogen-bond donors (Lipinski definition) is 2. The van der Waals surface area contributed by atoms with Gasteiger partial charge in [0.05, 0.1) is 16.5 Å². The van der Waals surface area contributed by atoms with Crippen molar-refractivity contribution >= 4 is 11.4 Å². The van der Waals surface area contributed by atoms with Crippen LogP contribution in [0.25, 0.3) is 0 Å². The molecule has 0 amide bonds. The molecule has 0 radical (unpaired) electrons. The summed E-state index contributed by atoms with van der Waals surface area (Å²) in [6.45, 7) is 1.75. The summed E-state index contributed by atoms with van der Waals surface area (Å²) in [5.41, 5.74) is 5.06. The normalized spacial score (nSPS) is 26.1. The van der Waals surface area contributed by atoms with Crippen molar-refractivity contribution in [3.05, 3.63) is 39.9 Å². The fraction of sp³-hybridized carbons (Fsp3) is 0.417. The first-order valence-corrected chi connectivity index (χ1v) is 6.03. The van der Waals surface area contributed by atoms with Crippen LogP contribution in [0, 0.1) is 16.0 Å². The highest BCUT2D eigenvalue weighted by molar-refractivity contribution is 5.90. The SMILES string of the molecule is O=[N+]([O-])c1ccccc1C1NN=C2CCNCC21. The third-order valence-electron chi connectivity index (χ3n) is 3.57. The Bertz CT molecular complexity index is 515. The highest BCUT2D eigenvalue weighted by Crippen LogP contribution is 2.34. The van der Waals surface area contributed by atoms with E-state index in [0.29, 0.717) is 0 Å². The van der Waals surface area contributed by atoms with Crippen molar-refractivity contribution in [2.24, 2.45) is 11.0 Å². The van der Waals surface area contributed by atoms with Crippen LogP contribution in [0.3, 0.4) is 0 Å². The summed E-state index contributed by atoms with van der Waals surface area (Å²) in [6, 6.07) is 6.79. The monoisotopic (exact) mass is 246 g/mol. The Morgan fingerprint density at radius 3 is 3.06 bits per heavy atom. The van der Waals surface area contributed by atoms with Gasteiger partial charge in [0.15, 0.2) is 0 Å². The summed E-state index contributed by atoms with van der Waals surface area (Å²) in [4.78, 5) is 10.7. The molecular weight excluding hydrogens is 232 g/mol. The number of rotatable bonds is 2. The zero-order chi connectivity index (χ0) is 12.5. The van der Waals surface area contributed by atoms with Gasteiger partial charge >= 0.3 is 0 Å². The van der Waals surface area contributed by atoms with Gasteiger partial charge in [0.1, 0.15) is 0 Å². The molecular formula is C12H14N4O2. The molecule has 1 saturated heterocycles. The zero-order valence-electron chi connectivity index (χ0n) is 9.80. The summed E-state index contributed by atoms with van der Waals surface area (Å²) in [7, 11) is 0. The summed E-state index contributed by atoms with van der Waals surface area (Å²) in [5, 5.41) is 18.7. The summed E-state index contributed by atoms with van der Waals surface area (Å²) in [6.07, 6.45) is 0.912. The number of nitro benzene ring substituents is 1. The molecule has 2 aliphatic heterocycles. The summed E-state index contributed by atoms with van der Waals surface area (Å²) < 4.78 is 0. The summed E-state index contributed by atoms with van der Waals surface area (Å²) in [5.74, 6) is 0.222. The predicted octanol–water partition coefficient (Wildman–Crippen LogP) is 1.20. The number of nitrogens with one attached hydrogen (secondary N) is 2. The molecule has 2 atom stereocenters. The lowest BCUT2D eigenvalue weighted by atomic mass is 9.87. The predicted molar refractivity (Wildman–Crippen MR) is 67.4 cm³/mol. The molecule has 6 heteroatoms. The number of hydrogen-bond acceptors (Lipinski definition) is 5. The highest BCUT2D eigenvalue weighted by atomic mass is 16.6. The number of nitrogens with zero attached hydrogens (tertiary/aromatic N) is 2. The van der Waals surface area contributed by atoms with Crippen molar-refractivity contribution < 1.29 is 4.92 Å². The van der Waals surface area contributed by atoms with Crippen molar-refractivity contribution in [3.63, 3.8) is 0 Å². The van der Waals surface area contributed by atoms with Crippen LogP contribution in [0.2, 0.25) is 0 Å². The zero-order valence-corrected chi connectivity index (χ0v) is 9.80. The van der Waals surface area contributed by atoms with E-state index in [4.69, 9.17) is 0 Å². The average molecular weight is 246 g/mol. The lowest BCUT2D eigenvalue weighted by Gasteiger charge is -2.24. The molecule has 0 aromatic heterocycles. The van der Waals surface area contributed by atoms with Gasteiger partial charge in [0, 0.05) is 37.2 Å². The quantitative estimate of drug-likeness (QED) is 0.607. The average Bonchev–Trinajstić information content (AvgIpc) is 2.82. The van der Waals surface area contributed by atoms with E-state index < -0.39 is 0 Å². The number of benzene rings is 1. The van der Waals surface area contributed by atoms with Crippen LogP contribution in [0.15, 0.2) is 29.4 Å². The third kappa shape index (κ3) is 1.74. The second kappa shape index (κ2) is 4.38. The van der Waals surface area contributed by atoms with Crippen molar-refractivity contribution in [3.8, 4) is 0 Å². The first kappa shape index (κ1) is 11.2. The van der Waals surface area contributed by atoms with Crippen LogP contribution in [-0.2, 0) is 0 Å². The fourth-order valence-corrected chi connectivity index (χ4v) is 2.67. The fourth-order valence-electron chi connectivity index (χ4n) is 2.67. The van der Waals surface area contributed by atoms with Gasteiger partial charge in [0.25, 0.3) is 5.69 Å². The van der Waals surface area contributed by atoms with Gasteiger partial charge in [-0.2, -0.15) is 5.10 Å². The molecule has 0 saturated carbocycles. The van der Waals surface area contributed by atoms with Gasteiger partial charge in [-0.05, 0) is 6.07 Å². The maximum atomic E-state index is 11.1. The molecule has 2 unspecified atom stereocenters. The van der Waals surface area contributed by atoms with Crippen molar-refractivity contribution in [1.29, 1.82) is 0 Å². The Balaban J connectivity index is 1.94. The minimum absolute atomic E-state index is 0.0885. The largest absolute Gasteiger partial charge is 0.316 e. The van der Waals surface area contributed by atoms with Crippen LogP contribution < -0.4 is 10.7 Å². The number of nitro groups is 1. The van der Waals surface area contributed by atoms with Crippen molar-refractivity contribution in [2.75, 3.05) is 13.1 Å². The van der Waals surface area contributed by atoms with Crippen LogP contribution in [0.4, 0.5) is 5.69 Å². The Labute approximate surface area is 104 Å². The van der Waals surface area contributed by atoms with Gasteiger partial charge < -0.3 is 10.7 Å². The van der Waals surface area contributed by atoms with Crippen LogP contribution in [0.5, 0.6) is 0 Å². The van der Waals surface area contributed by atoms with E-state index in [2.05, 4.69) is 15.8 Å². The van der Waals surface area contributed by atoms with E-state index >= 15 is 0 Å². The molecule has 0 bridgehead atoms. The van der Waals surface area contributed by atoms with E-state index in [0.717, 1.165) is 30.8 Å². The number of fused-ring (bicyclic) bond motifs is 1. The number of hydrazone groups is 1. The number of para-hydroxylation sites is 1. The van der Waals surface area contributed by atoms with Gasteiger partial charge in [0.2, 0.25) is 0 Å². The smallest absolute Gasteiger partial charge is 0.274 e. The molecule has 18 heavy (non-hydrogen) atoms. The molecule has 1 fully saturated rings. The van der Waals surface area contributed by atoms with E-state index in [1.807, 2.05) is 12.1 Å². The van der Waals surface area contributed by atoms with Crippen molar-refractivity contribution in [1.82, 2.24) is 10.7 Å². The standard InChI is InChI=1S/C12H14N4O2/c17-16(18)11-4-2-1-3-8(11)12-9-7-13-6-5-10(9)14-15-12/h1-4,9,12-13,15H,5-7H2. The first-order valence-electron chi connectivity index (χ1n) is 6.03. The van der Waals surface area contributed by atoms with E-state index in [-0.39, 0.29) is 22.6 Å². The van der Waals surface area contributed by atoms with Crippen LogP contribution >= 0.6 is 0 Å². The summed E-state index contributed by atoms with van der Waals surface area (Å²) >= 11 is 0. The molecule has 2 aliphatic rings. The molecule has 0 spiro atoms. The second-order valence-electron chi connectivity index (χ2n) is 4.59. The van der Waals surface area contributed by atoms with Gasteiger partial charge in [-0.15, -0.1) is 0 Å². The van der Waals surface area contributed by atoms with Gasteiger partial charge in [-0.1, -0.05) is 12.1 Å². The van der Waals surface area contributed by atoms with E-state index in [1.54, 1.807) is 12.1 Å². The molecule has 3 rings (SSSR count). The van der Waals surface area contributed by atoms with E-state index in [1.165, 1.54) is 0 Å².